The number of carbonyl (C=O) groups excluding carboxylic acids is 1. The molecule has 0 aliphatic heterocycles. The fraction of sp³-hybridized carbons (Fsp3) is 0.394. The number of hydrogen-bond acceptors (Lipinski definition) is 3. The highest BCUT2D eigenvalue weighted by Crippen LogP contribution is 2.31. The van der Waals surface area contributed by atoms with Gasteiger partial charge in [-0.15, -0.1) is 0 Å². The van der Waals surface area contributed by atoms with E-state index in [0.717, 1.165) is 35.2 Å². The normalized spacial score (nSPS) is 12.5. The maximum Gasteiger partial charge on any atom is 0.326 e. The van der Waals surface area contributed by atoms with Crippen LogP contribution >= 0.6 is 0 Å². The summed E-state index contributed by atoms with van der Waals surface area (Å²) in [4.78, 5) is 27.6. The molecule has 0 radical (unpaired) electrons. The minimum atomic E-state index is -1.01. The molecule has 0 saturated heterocycles. The van der Waals surface area contributed by atoms with E-state index in [2.05, 4.69) is 68.2 Å². The fourth-order valence-electron chi connectivity index (χ4n) is 5.26. The molecule has 0 aromatic heterocycles. The molecule has 1 amide bonds. The lowest BCUT2D eigenvalue weighted by molar-refractivity contribution is -0.139. The zero-order chi connectivity index (χ0) is 27.9. The van der Waals surface area contributed by atoms with E-state index in [1.165, 1.54) is 5.56 Å². The first kappa shape index (κ1) is 29.1. The smallest absolute Gasteiger partial charge is 0.326 e. The van der Waals surface area contributed by atoms with Crippen LogP contribution in [0, 0.1) is 6.92 Å². The number of nitrogens with one attached hydrogen (secondary N) is 1. The van der Waals surface area contributed by atoms with Gasteiger partial charge in [-0.3, -0.25) is 9.69 Å². The quantitative estimate of drug-likeness (QED) is 0.276. The average molecular weight is 515 g/mol. The summed E-state index contributed by atoms with van der Waals surface area (Å²) in [5.74, 6) is -1.37. The Labute approximate surface area is 227 Å². The second-order valence-electron chi connectivity index (χ2n) is 11.0. The molecule has 5 heteroatoms. The molecule has 3 aromatic carbocycles. The number of hydrogen-bond donors (Lipinski definition) is 2. The first-order chi connectivity index (χ1) is 18.0. The largest absolute Gasteiger partial charge is 0.480 e. The molecule has 2 N–H and O–H groups in total. The third kappa shape index (κ3) is 7.32. The molecule has 0 aliphatic rings. The summed E-state index contributed by atoms with van der Waals surface area (Å²) in [6, 6.07) is 23.9. The van der Waals surface area contributed by atoms with Gasteiger partial charge in [0, 0.05) is 23.7 Å². The molecule has 202 valence electrons. The van der Waals surface area contributed by atoms with Gasteiger partial charge in [0.15, 0.2) is 0 Å². The van der Waals surface area contributed by atoms with Crippen molar-refractivity contribution in [1.82, 2.24) is 10.2 Å². The molecule has 0 saturated carbocycles. The van der Waals surface area contributed by atoms with Gasteiger partial charge in [0.1, 0.15) is 6.04 Å². The predicted octanol–water partition coefficient (Wildman–Crippen LogP) is 6.88. The van der Waals surface area contributed by atoms with E-state index in [-0.39, 0.29) is 11.4 Å². The molecule has 0 bridgehead atoms. The second-order valence-corrected chi connectivity index (χ2v) is 11.0. The van der Waals surface area contributed by atoms with Crippen LogP contribution in [0.5, 0.6) is 0 Å². The maximum absolute atomic E-state index is 13.4. The van der Waals surface area contributed by atoms with E-state index in [4.69, 9.17) is 0 Å². The number of carbonyl (C=O) groups is 2. The summed E-state index contributed by atoms with van der Waals surface area (Å²) >= 11 is 0. The zero-order valence-electron chi connectivity index (χ0n) is 23.6. The second kappa shape index (κ2) is 12.9. The van der Waals surface area contributed by atoms with Crippen LogP contribution in [0.4, 0.5) is 0 Å². The van der Waals surface area contributed by atoms with Gasteiger partial charge in [0.25, 0.3) is 5.91 Å². The van der Waals surface area contributed by atoms with Gasteiger partial charge in [-0.1, -0.05) is 74.0 Å². The number of amides is 1. The van der Waals surface area contributed by atoms with Crippen LogP contribution < -0.4 is 5.32 Å². The Hall–Kier alpha value is -3.44. The maximum atomic E-state index is 13.4. The molecular formula is C33H42N2O3. The summed E-state index contributed by atoms with van der Waals surface area (Å²) in [7, 11) is 0. The highest BCUT2D eigenvalue weighted by Gasteiger charge is 2.30. The van der Waals surface area contributed by atoms with Gasteiger partial charge >= 0.3 is 5.97 Å². The van der Waals surface area contributed by atoms with E-state index in [1.54, 1.807) is 0 Å². The number of nitrogens with zero attached hydrogens (tertiary/aromatic N) is 1. The van der Waals surface area contributed by atoms with Crippen molar-refractivity contribution in [3.05, 3.63) is 95.1 Å². The van der Waals surface area contributed by atoms with Crippen molar-refractivity contribution in [1.29, 1.82) is 0 Å². The van der Waals surface area contributed by atoms with Crippen LogP contribution in [0.2, 0.25) is 0 Å². The van der Waals surface area contributed by atoms with Crippen molar-refractivity contribution in [2.75, 3.05) is 0 Å². The van der Waals surface area contributed by atoms with Crippen molar-refractivity contribution in [2.24, 2.45) is 0 Å². The molecule has 5 nitrogen and oxygen atoms in total. The zero-order valence-corrected chi connectivity index (χ0v) is 23.6. The number of aliphatic carboxylic acids is 1. The molecule has 0 unspecified atom stereocenters. The summed E-state index contributed by atoms with van der Waals surface area (Å²) in [5, 5.41) is 12.3. The van der Waals surface area contributed by atoms with Crippen molar-refractivity contribution < 1.29 is 14.7 Å². The summed E-state index contributed by atoms with van der Waals surface area (Å²) in [6.45, 7) is 13.7. The lowest BCUT2D eigenvalue weighted by Gasteiger charge is -2.42. The van der Waals surface area contributed by atoms with Crippen LogP contribution in [0.1, 0.15) is 74.5 Å². The van der Waals surface area contributed by atoms with Gasteiger partial charge in [-0.05, 0) is 87.4 Å². The topological polar surface area (TPSA) is 69.6 Å². The Bertz CT molecular complexity index is 1230. The van der Waals surface area contributed by atoms with Crippen molar-refractivity contribution in [3.63, 3.8) is 0 Å². The van der Waals surface area contributed by atoms with E-state index < -0.39 is 12.0 Å². The Kier molecular flexibility index (Phi) is 9.87. The first-order valence-corrected chi connectivity index (χ1v) is 13.6. The summed E-state index contributed by atoms with van der Waals surface area (Å²) < 4.78 is 0. The van der Waals surface area contributed by atoms with E-state index >= 15 is 0 Å². The fourth-order valence-corrected chi connectivity index (χ4v) is 5.26. The number of benzene rings is 3. The molecule has 0 fully saturated rings. The molecular weight excluding hydrogens is 472 g/mol. The van der Waals surface area contributed by atoms with Crippen LogP contribution in [-0.2, 0) is 17.8 Å². The number of carboxylic acids is 1. The third-order valence-corrected chi connectivity index (χ3v) is 7.18. The molecule has 0 spiro atoms. The summed E-state index contributed by atoms with van der Waals surface area (Å²) in [5.41, 5.74) is 5.67. The van der Waals surface area contributed by atoms with E-state index in [9.17, 15) is 14.7 Å². The summed E-state index contributed by atoms with van der Waals surface area (Å²) in [6.07, 6.45) is 1.98. The van der Waals surface area contributed by atoms with E-state index in [0.29, 0.717) is 24.4 Å². The van der Waals surface area contributed by atoms with Crippen LogP contribution in [0.3, 0.4) is 0 Å². The van der Waals surface area contributed by atoms with Gasteiger partial charge in [0.05, 0.1) is 0 Å². The number of rotatable bonds is 12. The molecule has 3 rings (SSSR count). The van der Waals surface area contributed by atoms with Gasteiger partial charge in [-0.25, -0.2) is 4.79 Å². The van der Waals surface area contributed by atoms with Crippen LogP contribution in [0.25, 0.3) is 11.1 Å². The number of carboxylic acid groups (broad SMARTS) is 1. The standard InChI is InChI=1S/C33H42N2O3/c1-7-13-30(32(37)38)34-31(36)28-19-18-26(20-29(28)27-17-12-11-14-24(27)4)22-35(23(2)3)33(5,6)21-25-15-9-8-10-16-25/h8-12,14-20,23,30H,7,13,21-22H2,1-6H3,(H,34,36)(H,37,38)/t30-/m0/s1. The third-order valence-electron chi connectivity index (χ3n) is 7.18. The van der Waals surface area contributed by atoms with Gasteiger partial charge < -0.3 is 10.4 Å². The molecule has 38 heavy (non-hydrogen) atoms. The Balaban J connectivity index is 1.99. The Morgan fingerprint density at radius 2 is 1.58 bits per heavy atom. The van der Waals surface area contributed by atoms with Crippen LogP contribution in [0.15, 0.2) is 72.8 Å². The van der Waals surface area contributed by atoms with Gasteiger partial charge in [-0.2, -0.15) is 0 Å². The monoisotopic (exact) mass is 514 g/mol. The minimum absolute atomic E-state index is 0.0940. The highest BCUT2D eigenvalue weighted by atomic mass is 16.4. The SMILES string of the molecule is CCC[C@H](NC(=O)c1ccc(CN(C(C)C)C(C)(C)Cc2ccccc2)cc1-c1ccccc1C)C(=O)O. The predicted molar refractivity (Wildman–Crippen MR) is 155 cm³/mol. The molecule has 3 aromatic rings. The number of aryl methyl sites for hydroxylation is 1. The minimum Gasteiger partial charge on any atom is -0.480 e. The molecule has 0 heterocycles. The van der Waals surface area contributed by atoms with Crippen molar-refractivity contribution in [3.8, 4) is 11.1 Å². The van der Waals surface area contributed by atoms with Gasteiger partial charge in [0.2, 0.25) is 0 Å². The van der Waals surface area contributed by atoms with Crippen molar-refractivity contribution in [2.45, 2.75) is 85.0 Å². The Morgan fingerprint density at radius 3 is 2.18 bits per heavy atom. The first-order valence-electron chi connectivity index (χ1n) is 13.6. The highest BCUT2D eigenvalue weighted by molar-refractivity contribution is 6.02. The molecule has 0 aliphatic carbocycles. The van der Waals surface area contributed by atoms with Crippen molar-refractivity contribution >= 4 is 11.9 Å². The molecule has 1 atom stereocenters. The average Bonchev–Trinajstić information content (AvgIpc) is 2.87. The lowest BCUT2D eigenvalue weighted by atomic mass is 9.90. The van der Waals surface area contributed by atoms with Crippen LogP contribution in [-0.4, -0.2) is 39.5 Å². The lowest BCUT2D eigenvalue weighted by Crippen LogP contribution is -2.48. The Morgan fingerprint density at radius 1 is 0.921 bits per heavy atom. The van der Waals surface area contributed by atoms with E-state index in [1.807, 2.05) is 56.3 Å².